The van der Waals surface area contributed by atoms with Gasteiger partial charge in [0.2, 0.25) is 5.91 Å². The van der Waals surface area contributed by atoms with E-state index >= 15 is 0 Å². The van der Waals surface area contributed by atoms with Gasteiger partial charge in [-0.3, -0.25) is 4.79 Å². The smallest absolute Gasteiger partial charge is 0.246 e. The highest BCUT2D eigenvalue weighted by atomic mass is 16.5. The fourth-order valence-corrected chi connectivity index (χ4v) is 1.55. The molecule has 0 aromatic heterocycles. The van der Waals surface area contributed by atoms with Crippen LogP contribution in [0.4, 0.5) is 0 Å². The highest BCUT2D eigenvalue weighted by Crippen LogP contribution is 2.04. The molecule has 0 aliphatic carbocycles. The van der Waals surface area contributed by atoms with E-state index in [9.17, 15) is 4.79 Å². The lowest BCUT2D eigenvalue weighted by Crippen LogP contribution is -2.35. The first-order valence-electron chi connectivity index (χ1n) is 5.54. The third-order valence-corrected chi connectivity index (χ3v) is 2.39. The number of carbonyl (C=O) groups is 1. The molecule has 1 aromatic carbocycles. The largest absolute Gasteiger partial charge is 0.375 e. The third kappa shape index (κ3) is 4.94. The normalized spacial score (nSPS) is 12.1. The number of hydrogen-bond donors (Lipinski definition) is 1. The molecule has 0 aliphatic rings. The standard InChI is InChI=1S/C13H19NO2/c1-11(14-13(15)10-16-2)8-9-12-6-4-3-5-7-12/h3-7,11H,8-10H2,1-2H3,(H,14,15)/t11-/m0/s1. The lowest BCUT2D eigenvalue weighted by Gasteiger charge is -2.13. The minimum Gasteiger partial charge on any atom is -0.375 e. The van der Waals surface area contributed by atoms with Crippen LogP contribution in [0.2, 0.25) is 0 Å². The van der Waals surface area contributed by atoms with Crippen molar-refractivity contribution in [2.24, 2.45) is 0 Å². The second-order valence-corrected chi connectivity index (χ2v) is 3.93. The van der Waals surface area contributed by atoms with Gasteiger partial charge in [-0.05, 0) is 25.3 Å². The zero-order chi connectivity index (χ0) is 11.8. The fourth-order valence-electron chi connectivity index (χ4n) is 1.55. The van der Waals surface area contributed by atoms with Crippen molar-refractivity contribution in [1.29, 1.82) is 0 Å². The van der Waals surface area contributed by atoms with Gasteiger partial charge in [0.25, 0.3) is 0 Å². The summed E-state index contributed by atoms with van der Waals surface area (Å²) in [5.74, 6) is -0.0527. The molecule has 0 fully saturated rings. The van der Waals surface area contributed by atoms with Crippen LogP contribution in [0.1, 0.15) is 18.9 Å². The number of hydrogen-bond acceptors (Lipinski definition) is 2. The second kappa shape index (κ2) is 7.01. The molecule has 3 nitrogen and oxygen atoms in total. The third-order valence-electron chi connectivity index (χ3n) is 2.39. The number of ether oxygens (including phenoxy) is 1. The Bertz CT molecular complexity index is 311. The van der Waals surface area contributed by atoms with Crippen LogP contribution >= 0.6 is 0 Å². The topological polar surface area (TPSA) is 38.3 Å². The molecule has 0 saturated heterocycles. The van der Waals surface area contributed by atoms with E-state index in [1.165, 1.54) is 12.7 Å². The number of amides is 1. The maximum atomic E-state index is 11.2. The number of methoxy groups -OCH3 is 1. The van der Waals surface area contributed by atoms with Gasteiger partial charge in [-0.15, -0.1) is 0 Å². The van der Waals surface area contributed by atoms with Gasteiger partial charge in [0.1, 0.15) is 6.61 Å². The Labute approximate surface area is 96.8 Å². The zero-order valence-electron chi connectivity index (χ0n) is 9.90. The number of carbonyl (C=O) groups excluding carboxylic acids is 1. The number of benzene rings is 1. The van der Waals surface area contributed by atoms with Crippen LogP contribution in [0.25, 0.3) is 0 Å². The van der Waals surface area contributed by atoms with Gasteiger partial charge in [0.15, 0.2) is 0 Å². The molecule has 0 radical (unpaired) electrons. The van der Waals surface area contributed by atoms with Gasteiger partial charge in [-0.2, -0.15) is 0 Å². The van der Waals surface area contributed by atoms with Crippen molar-refractivity contribution >= 4 is 5.91 Å². The summed E-state index contributed by atoms with van der Waals surface area (Å²) in [7, 11) is 1.52. The number of nitrogens with one attached hydrogen (secondary N) is 1. The summed E-state index contributed by atoms with van der Waals surface area (Å²) < 4.78 is 4.76. The number of aryl methyl sites for hydroxylation is 1. The van der Waals surface area contributed by atoms with E-state index in [-0.39, 0.29) is 18.6 Å². The van der Waals surface area contributed by atoms with Crippen LogP contribution in [0.15, 0.2) is 30.3 Å². The average Bonchev–Trinajstić information content (AvgIpc) is 2.28. The number of rotatable bonds is 6. The van der Waals surface area contributed by atoms with Gasteiger partial charge in [-0.25, -0.2) is 0 Å². The van der Waals surface area contributed by atoms with Gasteiger partial charge in [-0.1, -0.05) is 30.3 Å². The van der Waals surface area contributed by atoms with E-state index in [4.69, 9.17) is 4.74 Å². The van der Waals surface area contributed by atoms with Gasteiger partial charge in [0, 0.05) is 13.2 Å². The van der Waals surface area contributed by atoms with Crippen molar-refractivity contribution < 1.29 is 9.53 Å². The van der Waals surface area contributed by atoms with Crippen LogP contribution < -0.4 is 5.32 Å². The molecule has 0 unspecified atom stereocenters. The van der Waals surface area contributed by atoms with Crippen LogP contribution in [-0.2, 0) is 16.0 Å². The molecule has 0 aliphatic heterocycles. The highest BCUT2D eigenvalue weighted by Gasteiger charge is 2.06. The Morgan fingerprint density at radius 2 is 2.06 bits per heavy atom. The Morgan fingerprint density at radius 1 is 1.38 bits per heavy atom. The molecule has 0 spiro atoms. The van der Waals surface area contributed by atoms with Crippen molar-refractivity contribution in [3.8, 4) is 0 Å². The summed E-state index contributed by atoms with van der Waals surface area (Å²) in [4.78, 5) is 11.2. The lowest BCUT2D eigenvalue weighted by molar-refractivity contribution is -0.125. The van der Waals surface area contributed by atoms with Crippen LogP contribution in [-0.4, -0.2) is 25.7 Å². The highest BCUT2D eigenvalue weighted by molar-refractivity contribution is 5.77. The van der Waals surface area contributed by atoms with E-state index in [0.717, 1.165) is 12.8 Å². The van der Waals surface area contributed by atoms with Crippen molar-refractivity contribution in [2.75, 3.05) is 13.7 Å². The molecule has 88 valence electrons. The Kier molecular flexibility index (Phi) is 5.57. The van der Waals surface area contributed by atoms with E-state index in [1.807, 2.05) is 25.1 Å². The fraction of sp³-hybridized carbons (Fsp3) is 0.462. The molecule has 0 bridgehead atoms. The van der Waals surface area contributed by atoms with E-state index in [0.29, 0.717) is 0 Å². The predicted molar refractivity (Wildman–Crippen MR) is 64.2 cm³/mol. The summed E-state index contributed by atoms with van der Waals surface area (Å²) in [6.07, 6.45) is 1.93. The molecule has 1 rings (SSSR count). The second-order valence-electron chi connectivity index (χ2n) is 3.93. The summed E-state index contributed by atoms with van der Waals surface area (Å²) in [5.41, 5.74) is 1.30. The van der Waals surface area contributed by atoms with Crippen LogP contribution in [0.3, 0.4) is 0 Å². The molecular formula is C13H19NO2. The SMILES string of the molecule is COCC(=O)N[C@@H](C)CCc1ccccc1. The molecule has 16 heavy (non-hydrogen) atoms. The van der Waals surface area contributed by atoms with Crippen molar-refractivity contribution in [3.05, 3.63) is 35.9 Å². The minimum atomic E-state index is -0.0527. The molecule has 3 heteroatoms. The molecular weight excluding hydrogens is 202 g/mol. The Hall–Kier alpha value is -1.35. The summed E-state index contributed by atoms with van der Waals surface area (Å²) in [6, 6.07) is 10.5. The maximum Gasteiger partial charge on any atom is 0.246 e. The molecule has 0 saturated carbocycles. The quantitative estimate of drug-likeness (QED) is 0.795. The van der Waals surface area contributed by atoms with Gasteiger partial charge >= 0.3 is 0 Å². The first kappa shape index (κ1) is 12.7. The van der Waals surface area contributed by atoms with Crippen molar-refractivity contribution in [1.82, 2.24) is 5.32 Å². The van der Waals surface area contributed by atoms with E-state index < -0.39 is 0 Å². The zero-order valence-corrected chi connectivity index (χ0v) is 9.90. The van der Waals surface area contributed by atoms with Crippen LogP contribution in [0, 0.1) is 0 Å². The minimum absolute atomic E-state index is 0.0527. The molecule has 0 heterocycles. The molecule has 1 atom stereocenters. The van der Waals surface area contributed by atoms with E-state index in [1.54, 1.807) is 0 Å². The van der Waals surface area contributed by atoms with Gasteiger partial charge in [0.05, 0.1) is 0 Å². The summed E-state index contributed by atoms with van der Waals surface area (Å²) in [5, 5.41) is 2.89. The van der Waals surface area contributed by atoms with Crippen molar-refractivity contribution in [3.63, 3.8) is 0 Å². The first-order chi connectivity index (χ1) is 7.72. The molecule has 1 amide bonds. The molecule has 1 N–H and O–H groups in total. The average molecular weight is 221 g/mol. The monoisotopic (exact) mass is 221 g/mol. The maximum absolute atomic E-state index is 11.2. The Morgan fingerprint density at radius 3 is 2.69 bits per heavy atom. The Balaban J connectivity index is 2.25. The summed E-state index contributed by atoms with van der Waals surface area (Å²) >= 11 is 0. The van der Waals surface area contributed by atoms with Crippen molar-refractivity contribution in [2.45, 2.75) is 25.8 Å². The van der Waals surface area contributed by atoms with Gasteiger partial charge < -0.3 is 10.1 Å². The van der Waals surface area contributed by atoms with Crippen LogP contribution in [0.5, 0.6) is 0 Å². The predicted octanol–water partition coefficient (Wildman–Crippen LogP) is 1.77. The lowest BCUT2D eigenvalue weighted by atomic mass is 10.1. The first-order valence-corrected chi connectivity index (χ1v) is 5.54. The van der Waals surface area contributed by atoms with E-state index in [2.05, 4.69) is 17.4 Å². The molecule has 1 aromatic rings. The summed E-state index contributed by atoms with van der Waals surface area (Å²) in [6.45, 7) is 2.15.